The van der Waals surface area contributed by atoms with Crippen LogP contribution in [0, 0.1) is 5.92 Å². The summed E-state index contributed by atoms with van der Waals surface area (Å²) in [7, 11) is 0. The van der Waals surface area contributed by atoms with Gasteiger partial charge in [-0.15, -0.1) is 0 Å². The molecule has 1 saturated carbocycles. The van der Waals surface area contributed by atoms with Gasteiger partial charge in [0.05, 0.1) is 0 Å². The van der Waals surface area contributed by atoms with Crippen molar-refractivity contribution in [3.05, 3.63) is 0 Å². The fraction of sp³-hybridized carbons (Fsp3) is 0.800. The normalized spacial score (nSPS) is 32.6. The van der Waals surface area contributed by atoms with E-state index in [0.717, 1.165) is 0 Å². The maximum absolute atomic E-state index is 12.2. The molecule has 0 aliphatic heterocycles. The zero-order valence-electron chi connectivity index (χ0n) is 5.08. The number of carbonyl (C=O) groups excluding carboxylic acids is 1. The molecule has 0 amide bonds. The van der Waals surface area contributed by atoms with E-state index in [1.807, 2.05) is 0 Å². The standard InChI is InChI=1S/C5H3ClF4O/c6-3(11)2-1-4(7,8)5(2,9)10/h2H,1H2. The summed E-state index contributed by atoms with van der Waals surface area (Å²) in [5.74, 6) is -10.3. The van der Waals surface area contributed by atoms with Gasteiger partial charge in [0.1, 0.15) is 5.92 Å². The molecule has 1 aliphatic carbocycles. The fourth-order valence-electron chi connectivity index (χ4n) is 0.867. The Morgan fingerprint density at radius 3 is 1.91 bits per heavy atom. The largest absolute Gasteiger partial charge is 0.321 e. The second-order valence-electron chi connectivity index (χ2n) is 2.39. The van der Waals surface area contributed by atoms with Crippen molar-refractivity contribution in [3.8, 4) is 0 Å². The molecule has 0 aromatic heterocycles. The Morgan fingerprint density at radius 1 is 1.36 bits per heavy atom. The van der Waals surface area contributed by atoms with Gasteiger partial charge >= 0.3 is 11.8 Å². The lowest BCUT2D eigenvalue weighted by molar-refractivity contribution is -0.302. The van der Waals surface area contributed by atoms with E-state index < -0.39 is 29.4 Å². The van der Waals surface area contributed by atoms with Gasteiger partial charge in [-0.05, 0) is 11.6 Å². The molecule has 11 heavy (non-hydrogen) atoms. The smallest absolute Gasteiger partial charge is 0.281 e. The van der Waals surface area contributed by atoms with Gasteiger partial charge in [-0.3, -0.25) is 4.79 Å². The summed E-state index contributed by atoms with van der Waals surface area (Å²) in [5.41, 5.74) is 0. The van der Waals surface area contributed by atoms with Crippen LogP contribution in [-0.4, -0.2) is 17.1 Å². The molecule has 1 unspecified atom stereocenters. The van der Waals surface area contributed by atoms with Crippen molar-refractivity contribution in [3.63, 3.8) is 0 Å². The van der Waals surface area contributed by atoms with E-state index in [9.17, 15) is 22.4 Å². The number of halogens is 5. The summed E-state index contributed by atoms with van der Waals surface area (Å²) in [6.07, 6.45) is -1.15. The van der Waals surface area contributed by atoms with Crippen molar-refractivity contribution in [2.45, 2.75) is 18.3 Å². The van der Waals surface area contributed by atoms with Crippen molar-refractivity contribution in [2.24, 2.45) is 5.92 Å². The summed E-state index contributed by atoms with van der Waals surface area (Å²) in [6, 6.07) is 0. The lowest BCUT2D eigenvalue weighted by atomic mass is 9.78. The van der Waals surface area contributed by atoms with Crippen molar-refractivity contribution in [1.82, 2.24) is 0 Å². The zero-order chi connectivity index (χ0) is 8.86. The quantitative estimate of drug-likeness (QED) is 0.457. The van der Waals surface area contributed by atoms with Crippen LogP contribution in [0.3, 0.4) is 0 Å². The molecule has 0 aromatic carbocycles. The monoisotopic (exact) mass is 190 g/mol. The molecular weight excluding hydrogens is 187 g/mol. The van der Waals surface area contributed by atoms with Crippen LogP contribution < -0.4 is 0 Å². The first-order valence-electron chi connectivity index (χ1n) is 2.74. The Bertz CT molecular complexity index is 203. The van der Waals surface area contributed by atoms with E-state index in [2.05, 4.69) is 11.6 Å². The van der Waals surface area contributed by atoms with Gasteiger partial charge in [-0.1, -0.05) is 0 Å². The first kappa shape index (κ1) is 8.77. The summed E-state index contributed by atoms with van der Waals surface area (Å²) in [6.45, 7) is 0. The molecule has 0 N–H and O–H groups in total. The molecule has 1 fully saturated rings. The van der Waals surface area contributed by atoms with Gasteiger partial charge in [-0.25, -0.2) is 0 Å². The van der Waals surface area contributed by atoms with Gasteiger partial charge in [0.25, 0.3) is 0 Å². The molecule has 1 rings (SSSR count). The van der Waals surface area contributed by atoms with Crippen LogP contribution in [0.25, 0.3) is 0 Å². The number of hydrogen-bond acceptors (Lipinski definition) is 1. The van der Waals surface area contributed by atoms with Crippen molar-refractivity contribution in [1.29, 1.82) is 0 Å². The highest BCUT2D eigenvalue weighted by Gasteiger charge is 2.73. The molecule has 0 spiro atoms. The van der Waals surface area contributed by atoms with Crippen LogP contribution in [0.4, 0.5) is 17.6 Å². The molecule has 0 bridgehead atoms. The molecule has 64 valence electrons. The van der Waals surface area contributed by atoms with E-state index in [4.69, 9.17) is 0 Å². The second-order valence-corrected chi connectivity index (χ2v) is 2.76. The summed E-state index contributed by atoms with van der Waals surface area (Å²) in [5, 5.41) is -1.40. The van der Waals surface area contributed by atoms with E-state index in [-0.39, 0.29) is 0 Å². The highest BCUT2D eigenvalue weighted by atomic mass is 35.5. The second kappa shape index (κ2) is 2.09. The van der Waals surface area contributed by atoms with E-state index in [0.29, 0.717) is 0 Å². The van der Waals surface area contributed by atoms with Crippen LogP contribution in [-0.2, 0) is 4.79 Å². The van der Waals surface area contributed by atoms with Gasteiger partial charge in [-0.2, -0.15) is 17.6 Å². The molecule has 0 saturated heterocycles. The first-order chi connectivity index (χ1) is 4.79. The molecule has 1 nitrogen and oxygen atoms in total. The minimum Gasteiger partial charge on any atom is -0.281 e. The molecule has 1 atom stereocenters. The first-order valence-corrected chi connectivity index (χ1v) is 3.12. The fourth-order valence-corrected chi connectivity index (χ4v) is 1.08. The van der Waals surface area contributed by atoms with Crippen LogP contribution in [0.1, 0.15) is 6.42 Å². The number of hydrogen-bond donors (Lipinski definition) is 0. The van der Waals surface area contributed by atoms with Gasteiger partial charge in [0, 0.05) is 6.42 Å². The molecule has 0 radical (unpaired) electrons. The van der Waals surface area contributed by atoms with Crippen molar-refractivity contribution in [2.75, 3.05) is 0 Å². The van der Waals surface area contributed by atoms with E-state index in [1.165, 1.54) is 0 Å². The SMILES string of the molecule is O=C(Cl)C1CC(F)(F)C1(F)F. The predicted octanol–water partition coefficient (Wildman–Crippen LogP) is 2.04. The molecular formula is C5H3ClF4O. The van der Waals surface area contributed by atoms with E-state index >= 15 is 0 Å². The lowest BCUT2D eigenvalue weighted by Gasteiger charge is -2.41. The summed E-state index contributed by atoms with van der Waals surface area (Å²) in [4.78, 5) is 10.1. The number of carbonyl (C=O) groups is 1. The maximum atomic E-state index is 12.2. The third kappa shape index (κ3) is 1.02. The van der Waals surface area contributed by atoms with E-state index in [1.54, 1.807) is 0 Å². The number of alkyl halides is 4. The average molecular weight is 191 g/mol. The molecule has 0 aromatic rings. The highest BCUT2D eigenvalue weighted by Crippen LogP contribution is 2.55. The topological polar surface area (TPSA) is 17.1 Å². The molecule has 1 aliphatic rings. The molecule has 0 heterocycles. The summed E-state index contributed by atoms with van der Waals surface area (Å²) >= 11 is 4.64. The van der Waals surface area contributed by atoms with Crippen LogP contribution in [0.2, 0.25) is 0 Å². The minimum absolute atomic E-state index is 1.15. The predicted molar refractivity (Wildman–Crippen MR) is 28.9 cm³/mol. The Balaban J connectivity index is 2.77. The Hall–Kier alpha value is -0.320. The lowest BCUT2D eigenvalue weighted by Crippen LogP contribution is -2.60. The van der Waals surface area contributed by atoms with Crippen LogP contribution in [0.5, 0.6) is 0 Å². The average Bonchev–Trinajstić information content (AvgIpc) is 1.82. The summed E-state index contributed by atoms with van der Waals surface area (Å²) < 4.78 is 48.3. The zero-order valence-corrected chi connectivity index (χ0v) is 5.84. The third-order valence-electron chi connectivity index (χ3n) is 1.66. The highest BCUT2D eigenvalue weighted by molar-refractivity contribution is 6.64. The van der Waals surface area contributed by atoms with Gasteiger partial charge in [0.15, 0.2) is 0 Å². The Kier molecular flexibility index (Phi) is 1.67. The van der Waals surface area contributed by atoms with Crippen molar-refractivity contribution < 1.29 is 22.4 Å². The van der Waals surface area contributed by atoms with Gasteiger partial charge < -0.3 is 0 Å². The number of rotatable bonds is 1. The van der Waals surface area contributed by atoms with Crippen molar-refractivity contribution >= 4 is 16.8 Å². The van der Waals surface area contributed by atoms with Gasteiger partial charge in [0.2, 0.25) is 5.24 Å². The maximum Gasteiger partial charge on any atom is 0.321 e. The van der Waals surface area contributed by atoms with Crippen LogP contribution >= 0.6 is 11.6 Å². The minimum atomic E-state index is -4.26. The van der Waals surface area contributed by atoms with Crippen LogP contribution in [0.15, 0.2) is 0 Å². The molecule has 6 heteroatoms. The third-order valence-corrected chi connectivity index (χ3v) is 1.92. The Morgan fingerprint density at radius 2 is 1.82 bits per heavy atom. The Labute approximate surface area is 64.3 Å².